The summed E-state index contributed by atoms with van der Waals surface area (Å²) in [6, 6.07) is 13.5. The number of ether oxygens (including phenoxy) is 2. The second-order valence-electron chi connectivity index (χ2n) is 10.3. The minimum atomic E-state index is -4.83. The van der Waals surface area contributed by atoms with Crippen molar-refractivity contribution in [3.05, 3.63) is 87.9 Å². The third kappa shape index (κ3) is 8.59. The van der Waals surface area contributed by atoms with Gasteiger partial charge in [0.15, 0.2) is 0 Å². The fraction of sp³-hybridized carbons (Fsp3) is 0.452. The number of rotatable bonds is 16. The molecule has 0 aromatic heterocycles. The molecule has 1 heterocycles. The van der Waals surface area contributed by atoms with Crippen LogP contribution in [0.5, 0.6) is 0 Å². The van der Waals surface area contributed by atoms with Crippen molar-refractivity contribution in [1.29, 1.82) is 0 Å². The van der Waals surface area contributed by atoms with E-state index in [-0.39, 0.29) is 49.6 Å². The predicted octanol–water partition coefficient (Wildman–Crippen LogP) is 6.13. The molecule has 44 heavy (non-hydrogen) atoms. The van der Waals surface area contributed by atoms with Gasteiger partial charge in [0.2, 0.25) is 0 Å². The molecule has 1 aliphatic rings. The van der Waals surface area contributed by atoms with Crippen LogP contribution in [0.3, 0.4) is 0 Å². The largest absolute Gasteiger partial charge is 0.478 e. The maximum atomic E-state index is 14.7. The Labute approximate surface area is 256 Å². The van der Waals surface area contributed by atoms with Gasteiger partial charge in [0, 0.05) is 45.1 Å². The molecular formula is C31H40F3N2O7P. The van der Waals surface area contributed by atoms with Crippen molar-refractivity contribution >= 4 is 19.1 Å². The van der Waals surface area contributed by atoms with Crippen molar-refractivity contribution < 1.29 is 46.2 Å². The molecule has 2 aromatic carbocycles. The molecule has 1 atom stereocenters. The fourth-order valence-corrected chi connectivity index (χ4v) is 7.31. The van der Waals surface area contributed by atoms with Gasteiger partial charge < -0.3 is 33.4 Å². The number of carboxylic acids is 1. The Bertz CT molecular complexity index is 1370. The van der Waals surface area contributed by atoms with E-state index in [0.717, 1.165) is 11.6 Å². The average molecular weight is 641 g/mol. The Kier molecular flexibility index (Phi) is 12.8. The SMILES string of the molecule is COCCOP(=O)(OCCOC)C1=C(c2ccccc2C(F)(F)F)C(C(=O)O)=C(C)N(CCN(C)Cc2ccccc2)C1C. The second-order valence-corrected chi connectivity index (χ2v) is 12.3. The van der Waals surface area contributed by atoms with Gasteiger partial charge in [0.05, 0.1) is 48.9 Å². The standard InChI is InChI=1S/C31H40F3N2O7P/c1-22-27(30(37)38)28(25-13-9-10-14-26(25)31(32,33)34)29(44(39,42-19-17-40-4)43-20-18-41-5)23(2)36(22)16-15-35(3)21-24-11-7-6-8-12-24/h6-14,23H,15-21H2,1-5H3,(H,37,38). The van der Waals surface area contributed by atoms with Gasteiger partial charge in [-0.15, -0.1) is 0 Å². The number of methoxy groups -OCH3 is 2. The molecule has 242 valence electrons. The highest BCUT2D eigenvalue weighted by Gasteiger charge is 2.47. The summed E-state index contributed by atoms with van der Waals surface area (Å²) in [4.78, 5) is 16.7. The molecule has 0 aliphatic carbocycles. The zero-order valence-corrected chi connectivity index (χ0v) is 26.5. The number of nitrogens with zero attached hydrogens (tertiary/aromatic N) is 2. The summed E-state index contributed by atoms with van der Waals surface area (Å²) < 4.78 is 79.4. The van der Waals surface area contributed by atoms with Gasteiger partial charge in [-0.3, -0.25) is 4.57 Å². The number of halogens is 3. The fourth-order valence-electron chi connectivity index (χ4n) is 5.22. The highest BCUT2D eigenvalue weighted by Crippen LogP contribution is 2.63. The quantitative estimate of drug-likeness (QED) is 0.172. The minimum absolute atomic E-state index is 0.0163. The molecule has 3 rings (SSSR count). The van der Waals surface area contributed by atoms with E-state index in [1.165, 1.54) is 32.4 Å². The van der Waals surface area contributed by atoms with Gasteiger partial charge in [-0.05, 0) is 38.1 Å². The van der Waals surface area contributed by atoms with Crippen LogP contribution in [0.2, 0.25) is 0 Å². The Hall–Kier alpha value is -2.99. The van der Waals surface area contributed by atoms with Crippen LogP contribution in [0.1, 0.15) is 30.5 Å². The van der Waals surface area contributed by atoms with Crippen LogP contribution in [-0.2, 0) is 40.6 Å². The van der Waals surface area contributed by atoms with Crippen LogP contribution in [0, 0.1) is 0 Å². The Morgan fingerprint density at radius 3 is 2.09 bits per heavy atom. The molecule has 1 N–H and O–H groups in total. The smallest absolute Gasteiger partial charge is 0.417 e. The van der Waals surface area contributed by atoms with Crippen molar-refractivity contribution in [2.75, 3.05) is 60.8 Å². The molecule has 0 bridgehead atoms. The number of carbonyl (C=O) groups is 1. The molecule has 0 amide bonds. The summed E-state index contributed by atoms with van der Waals surface area (Å²) in [7, 11) is 0.287. The first kappa shape index (κ1) is 35.5. The molecule has 1 unspecified atom stereocenters. The first-order valence-corrected chi connectivity index (χ1v) is 15.6. The molecule has 0 fully saturated rings. The zero-order valence-electron chi connectivity index (χ0n) is 25.6. The third-order valence-electron chi connectivity index (χ3n) is 7.29. The second kappa shape index (κ2) is 15.8. The number of carboxylic acid groups (broad SMARTS) is 1. The molecular weight excluding hydrogens is 600 g/mol. The number of aliphatic carboxylic acids is 1. The molecule has 2 aromatic rings. The van der Waals surface area contributed by atoms with Crippen molar-refractivity contribution in [2.45, 2.75) is 32.6 Å². The third-order valence-corrected chi connectivity index (χ3v) is 9.52. The summed E-state index contributed by atoms with van der Waals surface area (Å²) in [5.74, 6) is -1.47. The number of allylic oxidation sites excluding steroid dienone is 1. The van der Waals surface area contributed by atoms with E-state index in [0.29, 0.717) is 13.1 Å². The van der Waals surface area contributed by atoms with E-state index >= 15 is 0 Å². The number of hydrogen-bond acceptors (Lipinski definition) is 8. The van der Waals surface area contributed by atoms with Crippen molar-refractivity contribution in [1.82, 2.24) is 9.80 Å². The van der Waals surface area contributed by atoms with E-state index in [2.05, 4.69) is 0 Å². The van der Waals surface area contributed by atoms with Gasteiger partial charge in [-0.25, -0.2) is 4.79 Å². The maximum Gasteiger partial charge on any atom is 0.417 e. The van der Waals surface area contributed by atoms with E-state index in [1.54, 1.807) is 18.7 Å². The lowest BCUT2D eigenvalue weighted by Crippen LogP contribution is -2.42. The molecule has 0 spiro atoms. The molecule has 0 saturated heterocycles. The molecule has 0 radical (unpaired) electrons. The topological polar surface area (TPSA) is 97.8 Å². The number of hydrogen-bond donors (Lipinski definition) is 1. The van der Waals surface area contributed by atoms with Crippen molar-refractivity contribution in [3.63, 3.8) is 0 Å². The monoisotopic (exact) mass is 640 g/mol. The summed E-state index contributed by atoms with van der Waals surface area (Å²) in [6.45, 7) is 4.18. The van der Waals surface area contributed by atoms with E-state index < -0.39 is 42.5 Å². The van der Waals surface area contributed by atoms with E-state index in [4.69, 9.17) is 18.5 Å². The Morgan fingerprint density at radius 2 is 1.55 bits per heavy atom. The van der Waals surface area contributed by atoms with Gasteiger partial charge in [-0.1, -0.05) is 48.5 Å². The van der Waals surface area contributed by atoms with Crippen molar-refractivity contribution in [3.8, 4) is 0 Å². The first-order chi connectivity index (χ1) is 20.9. The molecule has 9 nitrogen and oxygen atoms in total. The van der Waals surface area contributed by atoms with Gasteiger partial charge in [0.25, 0.3) is 0 Å². The van der Waals surface area contributed by atoms with Crippen LogP contribution >= 0.6 is 7.60 Å². The molecule has 0 saturated carbocycles. The minimum Gasteiger partial charge on any atom is -0.478 e. The zero-order chi connectivity index (χ0) is 32.5. The average Bonchev–Trinajstić information content (AvgIpc) is 2.97. The summed E-state index contributed by atoms with van der Waals surface area (Å²) >= 11 is 0. The normalized spacial score (nSPS) is 16.3. The molecule has 13 heteroatoms. The van der Waals surface area contributed by atoms with Crippen LogP contribution < -0.4 is 0 Å². The number of alkyl halides is 3. The van der Waals surface area contributed by atoms with Crippen LogP contribution in [-0.4, -0.2) is 87.7 Å². The summed E-state index contributed by atoms with van der Waals surface area (Å²) in [5.41, 5.74) is -0.926. The lowest BCUT2D eigenvalue weighted by molar-refractivity contribution is -0.138. The van der Waals surface area contributed by atoms with Crippen LogP contribution in [0.15, 0.2) is 71.2 Å². The van der Waals surface area contributed by atoms with E-state index in [1.807, 2.05) is 42.3 Å². The first-order valence-electron chi connectivity index (χ1n) is 14.1. The Morgan fingerprint density at radius 1 is 0.977 bits per heavy atom. The number of benzene rings is 2. The van der Waals surface area contributed by atoms with E-state index in [9.17, 15) is 27.6 Å². The summed E-state index contributed by atoms with van der Waals surface area (Å²) in [5, 5.41) is 10.3. The highest BCUT2D eigenvalue weighted by molar-refractivity contribution is 7.59. The van der Waals surface area contributed by atoms with Crippen LogP contribution in [0.4, 0.5) is 13.2 Å². The maximum absolute atomic E-state index is 14.7. The van der Waals surface area contributed by atoms with Gasteiger partial charge in [0.1, 0.15) is 0 Å². The highest BCUT2D eigenvalue weighted by atomic mass is 31.2. The lowest BCUT2D eigenvalue weighted by atomic mass is 9.87. The molecule has 1 aliphatic heterocycles. The predicted molar refractivity (Wildman–Crippen MR) is 161 cm³/mol. The number of likely N-dealkylation sites (N-methyl/N-ethyl adjacent to an activating group) is 1. The summed E-state index contributed by atoms with van der Waals surface area (Å²) in [6.07, 6.45) is -4.83. The lowest BCUT2D eigenvalue weighted by Gasteiger charge is -2.42. The van der Waals surface area contributed by atoms with Crippen molar-refractivity contribution in [2.24, 2.45) is 0 Å². The van der Waals surface area contributed by atoms with Gasteiger partial charge >= 0.3 is 19.7 Å². The Balaban J connectivity index is 2.23. The van der Waals surface area contributed by atoms with Crippen LogP contribution in [0.25, 0.3) is 5.57 Å². The van der Waals surface area contributed by atoms with Gasteiger partial charge in [-0.2, -0.15) is 13.2 Å².